The first kappa shape index (κ1) is 16.9. The first-order valence-corrected chi connectivity index (χ1v) is 8.15. The van der Waals surface area contributed by atoms with Crippen LogP contribution in [0.5, 0.6) is 0 Å². The molecule has 1 fully saturated rings. The maximum atomic E-state index is 13.5. The Kier molecular flexibility index (Phi) is 4.66. The number of benzene rings is 1. The third-order valence-corrected chi connectivity index (χ3v) is 4.48. The molecule has 2 aromatic rings. The van der Waals surface area contributed by atoms with Crippen molar-refractivity contribution in [3.05, 3.63) is 53.3 Å². The molecule has 128 valence electrons. The molecule has 0 saturated carbocycles. The zero-order valence-electron chi connectivity index (χ0n) is 13.9. The summed E-state index contributed by atoms with van der Waals surface area (Å²) in [4.78, 5) is 20.9. The zero-order valence-corrected chi connectivity index (χ0v) is 13.9. The number of nitrogens with zero attached hydrogens (tertiary/aromatic N) is 3. The van der Waals surface area contributed by atoms with Crippen molar-refractivity contribution in [3.63, 3.8) is 0 Å². The molecule has 0 amide bonds. The van der Waals surface area contributed by atoms with Crippen molar-refractivity contribution < 1.29 is 14.3 Å². The van der Waals surface area contributed by atoms with Gasteiger partial charge in [-0.15, -0.1) is 0 Å². The minimum absolute atomic E-state index is 0.335. The van der Waals surface area contributed by atoms with Gasteiger partial charge in [0.1, 0.15) is 0 Å². The molecule has 3 rings (SSSR count). The lowest BCUT2D eigenvalue weighted by Gasteiger charge is -2.33. The summed E-state index contributed by atoms with van der Waals surface area (Å²) >= 11 is 0. The maximum absolute atomic E-state index is 13.5. The summed E-state index contributed by atoms with van der Waals surface area (Å²) < 4.78 is 13.5. The van der Waals surface area contributed by atoms with E-state index in [1.54, 1.807) is 12.1 Å². The van der Waals surface area contributed by atoms with E-state index in [0.717, 1.165) is 31.4 Å². The monoisotopic (exact) mass is 339 g/mol. The summed E-state index contributed by atoms with van der Waals surface area (Å²) in [6.45, 7) is 11.5. The van der Waals surface area contributed by atoms with E-state index in [9.17, 15) is 9.18 Å². The Hall–Kier alpha value is -2.94. The number of piperidine rings is 1. The SMILES string of the molecule is [C-]#[N+]c1cc(-c2cc(C(=O)O)c(F)cn2)ccc1N1CCCC(C)C1. The average Bonchev–Trinajstić information content (AvgIpc) is 2.61. The Balaban J connectivity index is 1.98. The van der Waals surface area contributed by atoms with Crippen LogP contribution in [-0.4, -0.2) is 29.1 Å². The number of carbonyl (C=O) groups is 1. The predicted octanol–water partition coefficient (Wildman–Crippen LogP) is 4.37. The number of aromatic nitrogens is 1. The quantitative estimate of drug-likeness (QED) is 0.844. The molecule has 1 atom stereocenters. The number of pyridine rings is 1. The molecule has 1 aromatic carbocycles. The first-order valence-electron chi connectivity index (χ1n) is 8.15. The van der Waals surface area contributed by atoms with E-state index in [1.807, 2.05) is 6.07 Å². The molecular formula is C19H18FN3O2. The molecule has 6 heteroatoms. The van der Waals surface area contributed by atoms with E-state index in [1.165, 1.54) is 12.5 Å². The first-order chi connectivity index (χ1) is 12.0. The third-order valence-electron chi connectivity index (χ3n) is 4.48. The van der Waals surface area contributed by atoms with Crippen molar-refractivity contribution in [1.29, 1.82) is 0 Å². The van der Waals surface area contributed by atoms with Crippen LogP contribution >= 0.6 is 0 Å². The fourth-order valence-corrected chi connectivity index (χ4v) is 3.21. The lowest BCUT2D eigenvalue weighted by molar-refractivity contribution is 0.0691. The fourth-order valence-electron chi connectivity index (χ4n) is 3.21. The van der Waals surface area contributed by atoms with Gasteiger partial charge < -0.3 is 10.0 Å². The van der Waals surface area contributed by atoms with Crippen LogP contribution in [0.4, 0.5) is 15.8 Å². The second-order valence-corrected chi connectivity index (χ2v) is 6.36. The molecule has 1 aliphatic rings. The second kappa shape index (κ2) is 6.89. The number of carboxylic acids is 1. The van der Waals surface area contributed by atoms with Crippen LogP contribution in [0.3, 0.4) is 0 Å². The number of halogens is 1. The zero-order chi connectivity index (χ0) is 18.0. The predicted molar refractivity (Wildman–Crippen MR) is 93.5 cm³/mol. The van der Waals surface area contributed by atoms with Crippen molar-refractivity contribution >= 4 is 17.3 Å². The van der Waals surface area contributed by atoms with Gasteiger partial charge in [0, 0.05) is 18.8 Å². The molecule has 1 N–H and O–H groups in total. The summed E-state index contributed by atoms with van der Waals surface area (Å²) in [7, 11) is 0. The Morgan fingerprint density at radius 1 is 1.44 bits per heavy atom. The lowest BCUT2D eigenvalue weighted by atomic mass is 9.99. The van der Waals surface area contributed by atoms with Gasteiger partial charge in [-0.2, -0.15) is 0 Å². The summed E-state index contributed by atoms with van der Waals surface area (Å²) in [6.07, 6.45) is 3.19. The topological polar surface area (TPSA) is 57.8 Å². The largest absolute Gasteiger partial charge is 0.478 e. The van der Waals surface area contributed by atoms with Crippen molar-refractivity contribution in [2.75, 3.05) is 18.0 Å². The van der Waals surface area contributed by atoms with Crippen molar-refractivity contribution in [2.24, 2.45) is 5.92 Å². The molecule has 1 saturated heterocycles. The van der Waals surface area contributed by atoms with Crippen LogP contribution in [0.2, 0.25) is 0 Å². The molecule has 0 spiro atoms. The molecule has 5 nitrogen and oxygen atoms in total. The number of anilines is 1. The van der Waals surface area contributed by atoms with E-state index in [4.69, 9.17) is 11.7 Å². The second-order valence-electron chi connectivity index (χ2n) is 6.36. The molecule has 2 heterocycles. The molecule has 1 aromatic heterocycles. The van der Waals surface area contributed by atoms with Gasteiger partial charge >= 0.3 is 5.97 Å². The average molecular weight is 339 g/mol. The van der Waals surface area contributed by atoms with Crippen molar-refractivity contribution in [1.82, 2.24) is 4.98 Å². The number of aromatic carboxylic acids is 1. The normalized spacial score (nSPS) is 17.2. The molecule has 1 aliphatic heterocycles. The van der Waals surface area contributed by atoms with Gasteiger partial charge in [0.15, 0.2) is 5.82 Å². The van der Waals surface area contributed by atoms with E-state index in [2.05, 4.69) is 21.7 Å². The molecule has 0 bridgehead atoms. The molecular weight excluding hydrogens is 321 g/mol. The summed E-state index contributed by atoms with van der Waals surface area (Å²) in [5.41, 5.74) is 1.88. The van der Waals surface area contributed by atoms with Gasteiger partial charge in [0.2, 0.25) is 5.69 Å². The minimum atomic E-state index is -1.34. The highest BCUT2D eigenvalue weighted by Crippen LogP contribution is 2.35. The van der Waals surface area contributed by atoms with Crippen LogP contribution in [0, 0.1) is 18.3 Å². The smallest absolute Gasteiger partial charge is 0.338 e. The Bertz CT molecular complexity index is 860. The molecule has 0 radical (unpaired) electrons. The van der Waals surface area contributed by atoms with Gasteiger partial charge in [-0.1, -0.05) is 13.0 Å². The number of carboxylic acid groups (broad SMARTS) is 1. The van der Waals surface area contributed by atoms with E-state index in [-0.39, 0.29) is 0 Å². The fraction of sp³-hybridized carbons (Fsp3) is 0.316. The maximum Gasteiger partial charge on any atom is 0.338 e. The lowest BCUT2D eigenvalue weighted by Crippen LogP contribution is -2.34. The van der Waals surface area contributed by atoms with E-state index < -0.39 is 17.3 Å². The van der Waals surface area contributed by atoms with Crippen LogP contribution < -0.4 is 4.90 Å². The Morgan fingerprint density at radius 3 is 2.92 bits per heavy atom. The number of hydrogen-bond acceptors (Lipinski definition) is 3. The van der Waals surface area contributed by atoms with E-state index in [0.29, 0.717) is 22.9 Å². The van der Waals surface area contributed by atoms with E-state index >= 15 is 0 Å². The third kappa shape index (κ3) is 3.45. The van der Waals surface area contributed by atoms with Gasteiger partial charge in [-0.05, 0) is 42.5 Å². The summed E-state index contributed by atoms with van der Waals surface area (Å²) in [5, 5.41) is 9.05. The van der Waals surface area contributed by atoms with Crippen LogP contribution in [0.25, 0.3) is 16.1 Å². The van der Waals surface area contributed by atoms with Crippen LogP contribution in [0.1, 0.15) is 30.1 Å². The standard InChI is InChI=1S/C19H18FN3O2/c1-12-4-3-7-23(11-12)18-6-5-13(8-17(18)21-2)16-9-14(19(24)25)15(20)10-22-16/h5-6,8-10,12H,3-4,7,11H2,1H3,(H,24,25). The van der Waals surface area contributed by atoms with Gasteiger partial charge in [-0.25, -0.2) is 14.0 Å². The number of rotatable bonds is 3. The van der Waals surface area contributed by atoms with Crippen LogP contribution in [-0.2, 0) is 0 Å². The van der Waals surface area contributed by atoms with Crippen molar-refractivity contribution in [3.8, 4) is 11.3 Å². The highest BCUT2D eigenvalue weighted by Gasteiger charge is 2.20. The molecule has 25 heavy (non-hydrogen) atoms. The summed E-state index contributed by atoms with van der Waals surface area (Å²) in [6, 6.07) is 6.55. The Morgan fingerprint density at radius 2 is 2.24 bits per heavy atom. The van der Waals surface area contributed by atoms with Crippen molar-refractivity contribution in [2.45, 2.75) is 19.8 Å². The summed E-state index contributed by atoms with van der Waals surface area (Å²) in [5.74, 6) is -1.63. The highest BCUT2D eigenvalue weighted by molar-refractivity contribution is 5.89. The van der Waals surface area contributed by atoms with Gasteiger partial charge in [0.25, 0.3) is 0 Å². The highest BCUT2D eigenvalue weighted by atomic mass is 19.1. The number of hydrogen-bond donors (Lipinski definition) is 1. The minimum Gasteiger partial charge on any atom is -0.478 e. The molecule has 0 aliphatic carbocycles. The molecule has 1 unspecified atom stereocenters. The Labute approximate surface area is 145 Å². The van der Waals surface area contributed by atoms with Crippen LogP contribution in [0.15, 0.2) is 30.5 Å². The van der Waals surface area contributed by atoms with Gasteiger partial charge in [0.05, 0.1) is 24.0 Å². The van der Waals surface area contributed by atoms with Gasteiger partial charge in [-0.3, -0.25) is 4.98 Å².